The van der Waals surface area contributed by atoms with E-state index in [0.29, 0.717) is 10.5 Å². The summed E-state index contributed by atoms with van der Waals surface area (Å²) < 4.78 is 40.5. The van der Waals surface area contributed by atoms with Gasteiger partial charge in [-0.05, 0) is 42.8 Å². The van der Waals surface area contributed by atoms with Crippen molar-refractivity contribution in [3.05, 3.63) is 71.0 Å². The number of carbonyl (C=O) groups excluding carboxylic acids is 3. The van der Waals surface area contributed by atoms with Crippen molar-refractivity contribution >= 4 is 17.8 Å². The van der Waals surface area contributed by atoms with E-state index < -0.39 is 47.4 Å². The summed E-state index contributed by atoms with van der Waals surface area (Å²) in [6.45, 7) is 0.707. The molecule has 2 aromatic rings. The normalized spacial score (nSPS) is 18.9. The second-order valence-corrected chi connectivity index (χ2v) is 6.47. The highest BCUT2D eigenvalue weighted by atomic mass is 19.1. The molecule has 1 aliphatic heterocycles. The van der Waals surface area contributed by atoms with E-state index in [-0.39, 0.29) is 12.1 Å². The van der Waals surface area contributed by atoms with Crippen LogP contribution in [0.5, 0.6) is 0 Å². The minimum absolute atomic E-state index is 0.0680. The Hall–Kier alpha value is -3.36. The highest BCUT2D eigenvalue weighted by Gasteiger charge is 2.50. The number of rotatable bonds is 5. The van der Waals surface area contributed by atoms with E-state index in [2.05, 4.69) is 10.6 Å². The van der Waals surface area contributed by atoms with Crippen LogP contribution >= 0.6 is 0 Å². The zero-order valence-corrected chi connectivity index (χ0v) is 14.8. The van der Waals surface area contributed by atoms with Crippen molar-refractivity contribution in [3.63, 3.8) is 0 Å². The summed E-state index contributed by atoms with van der Waals surface area (Å²) in [5, 5.41) is 4.81. The summed E-state index contributed by atoms with van der Waals surface area (Å²) in [5.74, 6) is -3.57. The third-order valence-corrected chi connectivity index (χ3v) is 4.45. The molecule has 2 N–H and O–H groups in total. The maximum atomic E-state index is 14.1. The lowest BCUT2D eigenvalue weighted by atomic mass is 9.91. The van der Waals surface area contributed by atoms with Gasteiger partial charge in [0.25, 0.3) is 5.91 Å². The van der Waals surface area contributed by atoms with Crippen LogP contribution in [0, 0.1) is 17.5 Å². The van der Waals surface area contributed by atoms with Gasteiger partial charge in [0.15, 0.2) is 0 Å². The van der Waals surface area contributed by atoms with Gasteiger partial charge in [-0.15, -0.1) is 0 Å². The van der Waals surface area contributed by atoms with Gasteiger partial charge in [-0.25, -0.2) is 18.0 Å². The van der Waals surface area contributed by atoms with Gasteiger partial charge >= 0.3 is 6.03 Å². The van der Waals surface area contributed by atoms with E-state index in [9.17, 15) is 27.6 Å². The molecule has 6 nitrogen and oxygen atoms in total. The molecule has 0 spiro atoms. The van der Waals surface area contributed by atoms with Crippen LogP contribution < -0.4 is 10.6 Å². The Bertz CT molecular complexity index is 949. The first-order chi connectivity index (χ1) is 13.2. The van der Waals surface area contributed by atoms with Crippen molar-refractivity contribution < 1.29 is 27.6 Å². The van der Waals surface area contributed by atoms with E-state index >= 15 is 0 Å². The lowest BCUT2D eigenvalue weighted by molar-refractivity contribution is -0.134. The number of urea groups is 1. The van der Waals surface area contributed by atoms with E-state index in [4.69, 9.17) is 0 Å². The van der Waals surface area contributed by atoms with Crippen molar-refractivity contribution in [1.29, 1.82) is 0 Å². The molecule has 2 aromatic carbocycles. The lowest BCUT2D eigenvalue weighted by Crippen LogP contribution is -2.43. The Balaban J connectivity index is 1.70. The Morgan fingerprint density at radius 1 is 1.07 bits per heavy atom. The van der Waals surface area contributed by atoms with Crippen LogP contribution in [0.2, 0.25) is 0 Å². The van der Waals surface area contributed by atoms with Crippen LogP contribution in [0.1, 0.15) is 18.1 Å². The maximum absolute atomic E-state index is 14.1. The number of benzene rings is 2. The van der Waals surface area contributed by atoms with Crippen molar-refractivity contribution in [3.8, 4) is 0 Å². The average molecular weight is 391 g/mol. The quantitative estimate of drug-likeness (QED) is 0.767. The molecular formula is C19H16F3N3O3. The van der Waals surface area contributed by atoms with Crippen molar-refractivity contribution in [2.45, 2.75) is 19.0 Å². The highest BCUT2D eigenvalue weighted by molar-refractivity contribution is 6.09. The summed E-state index contributed by atoms with van der Waals surface area (Å²) >= 11 is 0. The van der Waals surface area contributed by atoms with Crippen LogP contribution in [0.3, 0.4) is 0 Å². The fourth-order valence-electron chi connectivity index (χ4n) is 2.91. The first-order valence-electron chi connectivity index (χ1n) is 8.31. The zero-order chi connectivity index (χ0) is 20.5. The Kier molecular flexibility index (Phi) is 5.08. The van der Waals surface area contributed by atoms with E-state index in [0.717, 1.165) is 18.2 Å². The van der Waals surface area contributed by atoms with Crippen molar-refractivity contribution in [1.82, 2.24) is 15.5 Å². The Morgan fingerprint density at radius 2 is 1.71 bits per heavy atom. The summed E-state index contributed by atoms with van der Waals surface area (Å²) in [4.78, 5) is 37.6. The molecule has 1 saturated heterocycles. The molecule has 1 fully saturated rings. The van der Waals surface area contributed by atoms with Crippen molar-refractivity contribution in [2.24, 2.45) is 0 Å². The molecule has 146 valence electrons. The maximum Gasteiger partial charge on any atom is 0.325 e. The molecule has 1 atom stereocenters. The predicted molar refractivity (Wildman–Crippen MR) is 92.2 cm³/mol. The fourth-order valence-corrected chi connectivity index (χ4v) is 2.91. The zero-order valence-electron chi connectivity index (χ0n) is 14.8. The standard InChI is InChI=1S/C19H16F3N3O3/c1-19(14-8-13(21)6-7-15(14)22)17(27)25(18(28)24-19)10-16(26)23-9-11-2-4-12(20)5-3-11/h2-8H,9-10H2,1H3,(H,23,26)(H,24,28)/t19-/m1/s1. The topological polar surface area (TPSA) is 78.5 Å². The van der Waals surface area contributed by atoms with Gasteiger partial charge < -0.3 is 10.6 Å². The molecule has 0 bridgehead atoms. The molecule has 1 aliphatic rings. The smallest absolute Gasteiger partial charge is 0.325 e. The number of hydrogen-bond donors (Lipinski definition) is 2. The summed E-state index contributed by atoms with van der Waals surface area (Å²) in [5.41, 5.74) is -1.54. The third kappa shape index (κ3) is 3.68. The molecule has 0 radical (unpaired) electrons. The largest absolute Gasteiger partial charge is 0.350 e. The monoisotopic (exact) mass is 391 g/mol. The molecular weight excluding hydrogens is 375 g/mol. The first-order valence-corrected chi connectivity index (χ1v) is 8.31. The van der Waals surface area contributed by atoms with Gasteiger partial charge in [-0.1, -0.05) is 12.1 Å². The number of nitrogens with one attached hydrogen (secondary N) is 2. The molecule has 0 aromatic heterocycles. The highest BCUT2D eigenvalue weighted by Crippen LogP contribution is 2.31. The molecule has 0 unspecified atom stereocenters. The minimum Gasteiger partial charge on any atom is -0.350 e. The number of carbonyl (C=O) groups is 3. The van der Waals surface area contributed by atoms with Gasteiger partial charge in [-0.3, -0.25) is 14.5 Å². The van der Waals surface area contributed by atoms with E-state index in [1.807, 2.05) is 0 Å². The molecule has 28 heavy (non-hydrogen) atoms. The van der Waals surface area contributed by atoms with Gasteiger partial charge in [0, 0.05) is 12.1 Å². The van der Waals surface area contributed by atoms with Crippen LogP contribution in [-0.4, -0.2) is 29.3 Å². The fraction of sp³-hybridized carbons (Fsp3) is 0.211. The van der Waals surface area contributed by atoms with Crippen LogP contribution in [0.4, 0.5) is 18.0 Å². The Labute approximate surface area is 158 Å². The molecule has 1 heterocycles. The third-order valence-electron chi connectivity index (χ3n) is 4.45. The molecule has 0 aliphatic carbocycles. The van der Waals surface area contributed by atoms with Crippen LogP contribution in [0.15, 0.2) is 42.5 Å². The molecule has 3 rings (SSSR count). The number of halogens is 3. The van der Waals surface area contributed by atoms with Gasteiger partial charge in [0.05, 0.1) is 0 Å². The van der Waals surface area contributed by atoms with Crippen LogP contribution in [0.25, 0.3) is 0 Å². The summed E-state index contributed by atoms with van der Waals surface area (Å²) in [6.07, 6.45) is 0. The van der Waals surface area contributed by atoms with Gasteiger partial charge in [-0.2, -0.15) is 0 Å². The average Bonchev–Trinajstić information content (AvgIpc) is 2.87. The number of imide groups is 1. The minimum atomic E-state index is -1.83. The van der Waals surface area contributed by atoms with Crippen LogP contribution in [-0.2, 0) is 21.7 Å². The molecule has 4 amide bonds. The first kappa shape index (κ1) is 19.4. The number of nitrogens with zero attached hydrogens (tertiary/aromatic N) is 1. The molecule has 9 heteroatoms. The summed E-state index contributed by atoms with van der Waals surface area (Å²) in [7, 11) is 0. The number of hydrogen-bond acceptors (Lipinski definition) is 3. The lowest BCUT2D eigenvalue weighted by Gasteiger charge is -2.22. The number of amides is 4. The van der Waals surface area contributed by atoms with E-state index in [1.54, 1.807) is 0 Å². The Morgan fingerprint density at radius 3 is 2.39 bits per heavy atom. The predicted octanol–water partition coefficient (Wildman–Crippen LogP) is 2.19. The van der Waals surface area contributed by atoms with E-state index in [1.165, 1.54) is 31.2 Å². The second-order valence-electron chi connectivity index (χ2n) is 6.47. The van der Waals surface area contributed by atoms with Crippen molar-refractivity contribution in [2.75, 3.05) is 6.54 Å². The van der Waals surface area contributed by atoms with Gasteiger partial charge in [0.1, 0.15) is 29.5 Å². The molecule has 0 saturated carbocycles. The van der Waals surface area contributed by atoms with Gasteiger partial charge in [0.2, 0.25) is 5.91 Å². The second kappa shape index (κ2) is 7.34. The SMILES string of the molecule is C[C@]1(c2cc(F)ccc2F)NC(=O)N(CC(=O)NCc2ccc(F)cc2)C1=O. The summed E-state index contributed by atoms with van der Waals surface area (Å²) in [6, 6.07) is 7.10.